The van der Waals surface area contributed by atoms with E-state index in [2.05, 4.69) is 15.3 Å². The number of carbonyl (C=O) groups is 1. The molecule has 4 aromatic rings. The third-order valence-electron chi connectivity index (χ3n) is 5.04. The third kappa shape index (κ3) is 5.51. The van der Waals surface area contributed by atoms with Crippen LogP contribution in [-0.4, -0.2) is 54.3 Å². The molecule has 0 spiro atoms. The monoisotopic (exact) mass is 475 g/mol. The van der Waals surface area contributed by atoms with Crippen LogP contribution in [0.15, 0.2) is 69.8 Å². The quantitative estimate of drug-likeness (QED) is 0.253. The van der Waals surface area contributed by atoms with Gasteiger partial charge in [0.25, 0.3) is 5.91 Å². The van der Waals surface area contributed by atoms with Crippen molar-refractivity contribution in [3.8, 4) is 27.4 Å². The van der Waals surface area contributed by atoms with E-state index in [1.54, 1.807) is 60.5 Å². The van der Waals surface area contributed by atoms with E-state index in [0.29, 0.717) is 28.5 Å². The summed E-state index contributed by atoms with van der Waals surface area (Å²) in [6.07, 6.45) is 4.88. The fraction of sp³-hybridized carbons (Fsp3) is 0.160. The van der Waals surface area contributed by atoms with E-state index >= 15 is 0 Å². The Hall–Kier alpha value is -3.95. The normalized spacial score (nSPS) is 11.4. The van der Waals surface area contributed by atoms with E-state index in [1.165, 1.54) is 11.3 Å². The Balaban J connectivity index is 1.62. The first-order chi connectivity index (χ1) is 16.4. The van der Waals surface area contributed by atoms with Gasteiger partial charge in [0.1, 0.15) is 16.5 Å². The van der Waals surface area contributed by atoms with Crippen LogP contribution in [0.5, 0.6) is 5.75 Å². The molecule has 0 fully saturated rings. The molecule has 0 unspecified atom stereocenters. The van der Waals surface area contributed by atoms with Gasteiger partial charge in [0.2, 0.25) is 0 Å². The number of aromatic nitrogens is 1. The summed E-state index contributed by atoms with van der Waals surface area (Å²) in [5, 5.41) is 15.0. The van der Waals surface area contributed by atoms with Gasteiger partial charge in [-0.2, -0.15) is 0 Å². The summed E-state index contributed by atoms with van der Waals surface area (Å²) in [5.74, 6) is -0.210. The van der Waals surface area contributed by atoms with Crippen molar-refractivity contribution in [3.05, 3.63) is 71.6 Å². The Morgan fingerprint density at radius 1 is 1.26 bits per heavy atom. The highest BCUT2D eigenvalue weighted by molar-refractivity contribution is 7.13. The number of rotatable bonds is 8. The van der Waals surface area contributed by atoms with Gasteiger partial charge in [-0.1, -0.05) is 12.1 Å². The van der Waals surface area contributed by atoms with E-state index < -0.39 is 0 Å². The molecule has 2 aromatic carbocycles. The number of phenolic OH excluding ortho intramolecular Hbond substituents is 1. The number of nitrogens with two attached hydrogens (primary N) is 1. The first kappa shape index (κ1) is 23.2. The summed E-state index contributed by atoms with van der Waals surface area (Å²) in [5.41, 5.74) is 10.6. The second-order valence-corrected chi connectivity index (χ2v) is 8.78. The molecule has 0 bridgehead atoms. The number of aromatic hydroxyl groups is 1. The van der Waals surface area contributed by atoms with Crippen LogP contribution in [0.3, 0.4) is 0 Å². The average Bonchev–Trinajstić information content (AvgIpc) is 3.51. The number of thiazole rings is 1. The van der Waals surface area contributed by atoms with Crippen LogP contribution in [0.1, 0.15) is 16.1 Å². The zero-order chi connectivity index (χ0) is 24.1. The van der Waals surface area contributed by atoms with Crippen molar-refractivity contribution in [2.24, 2.45) is 4.99 Å². The van der Waals surface area contributed by atoms with Crippen LogP contribution in [0.4, 0.5) is 11.4 Å². The minimum absolute atomic E-state index is 0.144. The number of amides is 1. The molecule has 0 atom stereocenters. The van der Waals surface area contributed by atoms with Gasteiger partial charge >= 0.3 is 0 Å². The molecule has 0 saturated heterocycles. The largest absolute Gasteiger partial charge is 0.508 e. The number of benzene rings is 2. The van der Waals surface area contributed by atoms with E-state index in [1.807, 2.05) is 25.1 Å². The van der Waals surface area contributed by atoms with Gasteiger partial charge in [0, 0.05) is 51.8 Å². The fourth-order valence-electron chi connectivity index (χ4n) is 3.26. The highest BCUT2D eigenvalue weighted by Gasteiger charge is 2.17. The maximum Gasteiger partial charge on any atom is 0.275 e. The molecule has 1 amide bonds. The molecule has 4 N–H and O–H groups in total. The number of hydrogen-bond donors (Lipinski definition) is 3. The highest BCUT2D eigenvalue weighted by atomic mass is 32.1. The Morgan fingerprint density at radius 3 is 2.85 bits per heavy atom. The molecule has 8 nitrogen and oxygen atoms in total. The van der Waals surface area contributed by atoms with Crippen LogP contribution in [0.2, 0.25) is 0 Å². The first-order valence-electron chi connectivity index (χ1n) is 10.6. The van der Waals surface area contributed by atoms with E-state index in [9.17, 15) is 9.90 Å². The fourth-order valence-corrected chi connectivity index (χ4v) is 4.06. The highest BCUT2D eigenvalue weighted by Crippen LogP contribution is 2.33. The van der Waals surface area contributed by atoms with Crippen molar-refractivity contribution in [1.29, 1.82) is 0 Å². The van der Waals surface area contributed by atoms with Crippen molar-refractivity contribution in [3.63, 3.8) is 0 Å². The maximum atomic E-state index is 13.1. The van der Waals surface area contributed by atoms with Crippen LogP contribution in [-0.2, 0) is 0 Å². The van der Waals surface area contributed by atoms with Crippen molar-refractivity contribution in [1.82, 2.24) is 9.88 Å². The topological polar surface area (TPSA) is 117 Å². The molecule has 2 heterocycles. The minimum Gasteiger partial charge on any atom is -0.508 e. The van der Waals surface area contributed by atoms with Crippen LogP contribution >= 0.6 is 11.3 Å². The molecule has 0 aliphatic rings. The summed E-state index contributed by atoms with van der Waals surface area (Å²) in [6, 6.07) is 12.2. The number of likely N-dealkylation sites (N-methyl/N-ethyl adjacent to an activating group) is 1. The number of phenols is 1. The Morgan fingerprint density at radius 2 is 2.12 bits per heavy atom. The predicted molar refractivity (Wildman–Crippen MR) is 137 cm³/mol. The standard InChI is InChI=1S/C25H25N5O3S/c1-30(2)8-7-27-13-18-11-22(20(12-21(18)26)17-6-9-33-14-17)28-24(32)23-15-34-25(29-23)16-4-3-5-19(31)10-16/h3-6,9-15,31H,7-8,26H2,1-2H3,(H,28,32). The summed E-state index contributed by atoms with van der Waals surface area (Å²) < 4.78 is 5.23. The Kier molecular flexibility index (Phi) is 7.05. The molecule has 34 heavy (non-hydrogen) atoms. The van der Waals surface area contributed by atoms with Gasteiger partial charge in [0.05, 0.1) is 19.1 Å². The minimum atomic E-state index is -0.354. The lowest BCUT2D eigenvalue weighted by atomic mass is 10.0. The molecule has 0 aliphatic heterocycles. The second-order valence-electron chi connectivity index (χ2n) is 7.92. The Labute approximate surface area is 201 Å². The van der Waals surface area contributed by atoms with Crippen molar-refractivity contribution >= 4 is 34.8 Å². The molecule has 0 saturated carbocycles. The predicted octanol–water partition coefficient (Wildman–Crippen LogP) is 4.59. The number of furan rings is 1. The van der Waals surface area contributed by atoms with E-state index in [0.717, 1.165) is 23.2 Å². The number of nitrogens with zero attached hydrogens (tertiary/aromatic N) is 3. The van der Waals surface area contributed by atoms with Gasteiger partial charge in [-0.05, 0) is 44.4 Å². The molecule has 2 aromatic heterocycles. The zero-order valence-electron chi connectivity index (χ0n) is 18.9. The molecule has 9 heteroatoms. The summed E-state index contributed by atoms with van der Waals surface area (Å²) in [6.45, 7) is 1.45. The summed E-state index contributed by atoms with van der Waals surface area (Å²) in [7, 11) is 3.98. The number of carbonyl (C=O) groups excluding carboxylic acids is 1. The molecule has 0 radical (unpaired) electrons. The number of aliphatic imine (C=N–C) groups is 1. The number of nitrogens with one attached hydrogen (secondary N) is 1. The van der Waals surface area contributed by atoms with Gasteiger partial charge in [-0.25, -0.2) is 4.98 Å². The van der Waals surface area contributed by atoms with Crippen molar-refractivity contribution in [2.45, 2.75) is 0 Å². The van der Waals surface area contributed by atoms with Crippen molar-refractivity contribution in [2.75, 3.05) is 38.2 Å². The summed E-state index contributed by atoms with van der Waals surface area (Å²) >= 11 is 1.33. The number of anilines is 2. The second kappa shape index (κ2) is 10.3. The van der Waals surface area contributed by atoms with E-state index in [4.69, 9.17) is 10.2 Å². The van der Waals surface area contributed by atoms with Gasteiger partial charge in [-0.15, -0.1) is 11.3 Å². The Bertz CT molecular complexity index is 1310. The lowest BCUT2D eigenvalue weighted by molar-refractivity contribution is 0.102. The SMILES string of the molecule is CN(C)CCN=Cc1cc(NC(=O)c2csc(-c3cccc(O)c3)n2)c(-c2ccoc2)cc1N. The molecular formula is C25H25N5O3S. The smallest absolute Gasteiger partial charge is 0.275 e. The maximum absolute atomic E-state index is 13.1. The number of nitrogen functional groups attached to an aromatic ring is 1. The zero-order valence-corrected chi connectivity index (χ0v) is 19.7. The molecule has 174 valence electrons. The van der Waals surface area contributed by atoms with Crippen LogP contribution in [0, 0.1) is 0 Å². The van der Waals surface area contributed by atoms with Crippen molar-refractivity contribution < 1.29 is 14.3 Å². The summed E-state index contributed by atoms with van der Waals surface area (Å²) in [4.78, 5) is 24.0. The molecule has 4 rings (SSSR count). The van der Waals surface area contributed by atoms with Gasteiger partial charge in [-0.3, -0.25) is 9.79 Å². The third-order valence-corrected chi connectivity index (χ3v) is 5.93. The first-order valence-corrected chi connectivity index (χ1v) is 11.5. The lowest BCUT2D eigenvalue weighted by Crippen LogP contribution is -2.15. The lowest BCUT2D eigenvalue weighted by Gasteiger charge is -2.13. The molecular weight excluding hydrogens is 450 g/mol. The van der Waals surface area contributed by atoms with Gasteiger partial charge < -0.3 is 25.5 Å². The average molecular weight is 476 g/mol. The van der Waals surface area contributed by atoms with Gasteiger partial charge in [0.15, 0.2) is 0 Å². The van der Waals surface area contributed by atoms with Crippen LogP contribution in [0.25, 0.3) is 21.7 Å². The van der Waals surface area contributed by atoms with E-state index in [-0.39, 0.29) is 17.4 Å². The number of hydrogen-bond acceptors (Lipinski definition) is 8. The molecule has 0 aliphatic carbocycles. The van der Waals surface area contributed by atoms with Crippen LogP contribution < -0.4 is 11.1 Å².